The van der Waals surface area contributed by atoms with E-state index in [0.29, 0.717) is 23.5 Å². The molecule has 1 amide bonds. The number of aryl methyl sites for hydroxylation is 1. The van der Waals surface area contributed by atoms with Crippen LogP contribution in [0.5, 0.6) is 11.5 Å². The van der Waals surface area contributed by atoms with Crippen LogP contribution >= 0.6 is 15.9 Å². The molecule has 0 radical (unpaired) electrons. The summed E-state index contributed by atoms with van der Waals surface area (Å²) in [4.78, 5) is 27.9. The van der Waals surface area contributed by atoms with Crippen LogP contribution in [0.15, 0.2) is 76.8 Å². The molecule has 1 aliphatic heterocycles. The summed E-state index contributed by atoms with van der Waals surface area (Å²) in [6.07, 6.45) is 0.494. The maximum atomic E-state index is 13.2. The minimum atomic E-state index is -0.696. The van der Waals surface area contributed by atoms with Crippen LogP contribution in [0.3, 0.4) is 0 Å². The van der Waals surface area contributed by atoms with Gasteiger partial charge in [-0.15, -0.1) is 0 Å². The standard InChI is InChI=1S/C28H26BrNO5/c1-17-5-4-6-20(15-17)25-24(26(31)19-8-10-21(29)11-9-19)27(32)28(33)30(25)14-13-18-7-12-22(34-2)23(16-18)35-3/h4-12,15-16,25,31H,13-14H2,1-3H3/b26-24+. The average Bonchev–Trinajstić information content (AvgIpc) is 3.12. The van der Waals surface area contributed by atoms with E-state index in [1.807, 2.05) is 49.4 Å². The first-order valence-corrected chi connectivity index (χ1v) is 11.9. The third-order valence-corrected chi connectivity index (χ3v) is 6.63. The number of halogens is 1. The molecule has 0 spiro atoms. The molecule has 1 aliphatic rings. The van der Waals surface area contributed by atoms with Crippen molar-refractivity contribution in [3.63, 3.8) is 0 Å². The molecule has 3 aromatic rings. The lowest BCUT2D eigenvalue weighted by Gasteiger charge is -2.26. The van der Waals surface area contributed by atoms with Crippen LogP contribution in [0.1, 0.15) is 28.3 Å². The number of aliphatic hydroxyl groups excluding tert-OH is 1. The number of Topliss-reactive ketones (excluding diaryl/α,β-unsaturated/α-hetero) is 1. The van der Waals surface area contributed by atoms with E-state index in [1.165, 1.54) is 4.90 Å². The van der Waals surface area contributed by atoms with Crippen molar-refractivity contribution < 1.29 is 24.2 Å². The molecule has 35 heavy (non-hydrogen) atoms. The molecule has 7 heteroatoms. The number of carbonyl (C=O) groups excluding carboxylic acids is 2. The van der Waals surface area contributed by atoms with Crippen molar-refractivity contribution in [3.8, 4) is 11.5 Å². The molecule has 3 aromatic carbocycles. The Balaban J connectivity index is 1.74. The summed E-state index contributed by atoms with van der Waals surface area (Å²) in [6.45, 7) is 2.24. The molecule has 1 fully saturated rings. The first kappa shape index (κ1) is 24.5. The van der Waals surface area contributed by atoms with Crippen molar-refractivity contribution in [1.82, 2.24) is 4.90 Å². The predicted octanol–water partition coefficient (Wildman–Crippen LogP) is 5.44. The third kappa shape index (κ3) is 4.95. The molecule has 4 rings (SSSR count). The first-order valence-electron chi connectivity index (χ1n) is 11.2. The number of carbonyl (C=O) groups is 2. The van der Waals surface area contributed by atoms with Crippen molar-refractivity contribution in [2.45, 2.75) is 19.4 Å². The quantitative estimate of drug-likeness (QED) is 0.247. The molecule has 0 aromatic heterocycles. The van der Waals surface area contributed by atoms with Gasteiger partial charge < -0.3 is 19.5 Å². The smallest absolute Gasteiger partial charge is 0.295 e. The highest BCUT2D eigenvalue weighted by atomic mass is 79.9. The molecule has 1 unspecified atom stereocenters. The highest BCUT2D eigenvalue weighted by Crippen LogP contribution is 2.40. The van der Waals surface area contributed by atoms with Gasteiger partial charge in [0.25, 0.3) is 11.7 Å². The first-order chi connectivity index (χ1) is 16.8. The fourth-order valence-electron chi connectivity index (χ4n) is 4.35. The predicted molar refractivity (Wildman–Crippen MR) is 138 cm³/mol. The summed E-state index contributed by atoms with van der Waals surface area (Å²) in [5.74, 6) is -0.292. The number of amides is 1. The molecule has 180 valence electrons. The van der Waals surface area contributed by atoms with Crippen LogP contribution < -0.4 is 9.47 Å². The Bertz CT molecular complexity index is 1300. The Kier molecular flexibility index (Phi) is 7.26. The van der Waals surface area contributed by atoms with Crippen molar-refractivity contribution in [1.29, 1.82) is 0 Å². The number of ketones is 1. The monoisotopic (exact) mass is 535 g/mol. The lowest BCUT2D eigenvalue weighted by molar-refractivity contribution is -0.139. The summed E-state index contributed by atoms with van der Waals surface area (Å²) in [7, 11) is 3.14. The molecule has 6 nitrogen and oxygen atoms in total. The molecule has 1 saturated heterocycles. The normalized spacial score (nSPS) is 17.0. The summed E-state index contributed by atoms with van der Waals surface area (Å²) in [5, 5.41) is 11.2. The number of hydrogen-bond donors (Lipinski definition) is 1. The zero-order chi connectivity index (χ0) is 25.1. The van der Waals surface area contributed by atoms with Crippen LogP contribution in [-0.4, -0.2) is 42.5 Å². The van der Waals surface area contributed by atoms with E-state index in [-0.39, 0.29) is 17.9 Å². The van der Waals surface area contributed by atoms with Gasteiger partial charge in [0.15, 0.2) is 11.5 Å². The molecule has 0 aliphatic carbocycles. The second-order valence-electron chi connectivity index (χ2n) is 8.35. The van der Waals surface area contributed by atoms with Gasteiger partial charge in [-0.05, 0) is 48.7 Å². The molecule has 0 saturated carbocycles. The van der Waals surface area contributed by atoms with E-state index >= 15 is 0 Å². The fraction of sp³-hybridized carbons (Fsp3) is 0.214. The van der Waals surface area contributed by atoms with Gasteiger partial charge in [-0.1, -0.05) is 64.0 Å². The Hall–Kier alpha value is -3.58. The van der Waals surface area contributed by atoms with E-state index in [0.717, 1.165) is 21.2 Å². The lowest BCUT2D eigenvalue weighted by atomic mass is 9.94. The van der Waals surface area contributed by atoms with Gasteiger partial charge >= 0.3 is 0 Å². The number of likely N-dealkylation sites (tertiary alicyclic amines) is 1. The summed E-state index contributed by atoms with van der Waals surface area (Å²) >= 11 is 3.38. The summed E-state index contributed by atoms with van der Waals surface area (Å²) in [5.41, 5.74) is 3.27. The number of nitrogens with zero attached hydrogens (tertiary/aromatic N) is 1. The minimum Gasteiger partial charge on any atom is -0.507 e. The van der Waals surface area contributed by atoms with E-state index in [4.69, 9.17) is 9.47 Å². The van der Waals surface area contributed by atoms with Crippen LogP contribution in [0.25, 0.3) is 5.76 Å². The molecule has 0 bridgehead atoms. The van der Waals surface area contributed by atoms with Crippen molar-refractivity contribution in [3.05, 3.63) is 99.0 Å². The van der Waals surface area contributed by atoms with Gasteiger partial charge in [0.2, 0.25) is 0 Å². The Morgan fingerprint density at radius 2 is 1.69 bits per heavy atom. The number of methoxy groups -OCH3 is 2. The highest BCUT2D eigenvalue weighted by molar-refractivity contribution is 9.10. The molecule has 1 heterocycles. The van der Waals surface area contributed by atoms with E-state index in [9.17, 15) is 14.7 Å². The van der Waals surface area contributed by atoms with Crippen molar-refractivity contribution in [2.24, 2.45) is 0 Å². The molecule has 1 atom stereocenters. The molecule has 1 N–H and O–H groups in total. The van der Waals surface area contributed by atoms with E-state index in [2.05, 4.69) is 15.9 Å². The summed E-state index contributed by atoms with van der Waals surface area (Å²) in [6, 6.07) is 19.5. The summed E-state index contributed by atoms with van der Waals surface area (Å²) < 4.78 is 11.5. The zero-order valence-electron chi connectivity index (χ0n) is 19.7. The number of benzene rings is 3. The van der Waals surface area contributed by atoms with Crippen LogP contribution in [0.2, 0.25) is 0 Å². The zero-order valence-corrected chi connectivity index (χ0v) is 21.3. The fourth-order valence-corrected chi connectivity index (χ4v) is 4.61. The van der Waals surface area contributed by atoms with Gasteiger partial charge in [0, 0.05) is 16.6 Å². The Morgan fingerprint density at radius 3 is 2.34 bits per heavy atom. The SMILES string of the molecule is COc1ccc(CCN2C(=O)C(=O)/C(=C(/O)c3ccc(Br)cc3)C2c2cccc(C)c2)cc1OC. The molecular formula is C28H26BrNO5. The van der Waals surface area contributed by atoms with Gasteiger partial charge in [-0.3, -0.25) is 9.59 Å². The van der Waals surface area contributed by atoms with Gasteiger partial charge in [-0.2, -0.15) is 0 Å². The maximum Gasteiger partial charge on any atom is 0.295 e. The van der Waals surface area contributed by atoms with Crippen LogP contribution in [-0.2, 0) is 16.0 Å². The largest absolute Gasteiger partial charge is 0.507 e. The number of rotatable bonds is 7. The third-order valence-electron chi connectivity index (χ3n) is 6.10. The van der Waals surface area contributed by atoms with Crippen molar-refractivity contribution in [2.75, 3.05) is 20.8 Å². The highest BCUT2D eigenvalue weighted by Gasteiger charge is 2.45. The van der Waals surface area contributed by atoms with Crippen LogP contribution in [0.4, 0.5) is 0 Å². The Morgan fingerprint density at radius 1 is 0.971 bits per heavy atom. The van der Waals surface area contributed by atoms with Gasteiger partial charge in [-0.25, -0.2) is 0 Å². The Labute approximate surface area is 212 Å². The van der Waals surface area contributed by atoms with Crippen LogP contribution in [0, 0.1) is 6.92 Å². The number of ether oxygens (including phenoxy) is 2. The number of hydrogen-bond acceptors (Lipinski definition) is 5. The number of aliphatic hydroxyl groups is 1. The van der Waals surface area contributed by atoms with E-state index < -0.39 is 17.7 Å². The van der Waals surface area contributed by atoms with E-state index in [1.54, 1.807) is 38.5 Å². The minimum absolute atomic E-state index is 0.0928. The van der Waals surface area contributed by atoms with Gasteiger partial charge in [0.05, 0.1) is 25.8 Å². The lowest BCUT2D eigenvalue weighted by Crippen LogP contribution is -2.31. The second kappa shape index (κ2) is 10.4. The second-order valence-corrected chi connectivity index (χ2v) is 9.27. The molecular weight excluding hydrogens is 510 g/mol. The van der Waals surface area contributed by atoms with Gasteiger partial charge in [0.1, 0.15) is 5.76 Å². The average molecular weight is 536 g/mol. The topological polar surface area (TPSA) is 76.1 Å². The maximum absolute atomic E-state index is 13.2. The van der Waals surface area contributed by atoms with Crippen molar-refractivity contribution >= 4 is 33.4 Å².